The molecule has 0 saturated heterocycles. The van der Waals surface area contributed by atoms with Gasteiger partial charge in [-0.05, 0) is 69.1 Å². The molecule has 4 nitrogen and oxygen atoms in total. The topological polar surface area (TPSA) is 51.2 Å². The van der Waals surface area contributed by atoms with Crippen LogP contribution >= 0.6 is 23.1 Å². The van der Waals surface area contributed by atoms with Gasteiger partial charge in [-0.2, -0.15) is 0 Å². The number of benzene rings is 1. The van der Waals surface area contributed by atoms with Crippen LogP contribution in [0.2, 0.25) is 0 Å². The first-order chi connectivity index (χ1) is 12.6. The van der Waals surface area contributed by atoms with Gasteiger partial charge in [0.2, 0.25) is 5.91 Å². The Morgan fingerprint density at radius 1 is 1.42 bits per heavy atom. The van der Waals surface area contributed by atoms with Gasteiger partial charge in [0.1, 0.15) is 5.75 Å². The van der Waals surface area contributed by atoms with Crippen molar-refractivity contribution in [3.8, 4) is 5.75 Å². The molecule has 4 rings (SSSR count). The van der Waals surface area contributed by atoms with Crippen LogP contribution in [-0.4, -0.2) is 29.3 Å². The minimum Gasteiger partial charge on any atom is -0.494 e. The lowest BCUT2D eigenvalue weighted by atomic mass is 9.84. The zero-order valence-electron chi connectivity index (χ0n) is 15.4. The highest BCUT2D eigenvalue weighted by Crippen LogP contribution is 2.49. The molecule has 1 amide bonds. The van der Waals surface area contributed by atoms with Crippen molar-refractivity contribution in [2.24, 2.45) is 17.8 Å². The van der Waals surface area contributed by atoms with Gasteiger partial charge in [0.25, 0.3) is 0 Å². The second-order valence-electron chi connectivity index (χ2n) is 7.53. The highest BCUT2D eigenvalue weighted by molar-refractivity contribution is 8.01. The first-order valence-electron chi connectivity index (χ1n) is 9.58. The Labute approximate surface area is 163 Å². The van der Waals surface area contributed by atoms with E-state index in [1.54, 1.807) is 11.3 Å². The van der Waals surface area contributed by atoms with Gasteiger partial charge in [0.05, 0.1) is 22.6 Å². The molecule has 6 heteroatoms. The van der Waals surface area contributed by atoms with Crippen molar-refractivity contribution >= 4 is 39.2 Å². The number of carbonyl (C=O) groups excluding carboxylic acids is 1. The summed E-state index contributed by atoms with van der Waals surface area (Å²) < 4.78 is 7.59. The van der Waals surface area contributed by atoms with Crippen LogP contribution in [0.25, 0.3) is 10.2 Å². The van der Waals surface area contributed by atoms with E-state index in [0.29, 0.717) is 24.3 Å². The number of ether oxygens (including phenoxy) is 1. The van der Waals surface area contributed by atoms with Crippen molar-refractivity contribution in [3.05, 3.63) is 18.2 Å². The lowest BCUT2D eigenvalue weighted by Gasteiger charge is -2.28. The Morgan fingerprint density at radius 3 is 3.04 bits per heavy atom. The molecule has 1 aromatic carbocycles. The smallest absolute Gasteiger partial charge is 0.230 e. The zero-order valence-corrected chi connectivity index (χ0v) is 17.0. The van der Waals surface area contributed by atoms with E-state index in [1.807, 2.05) is 25.1 Å². The van der Waals surface area contributed by atoms with Crippen LogP contribution in [-0.2, 0) is 4.79 Å². The van der Waals surface area contributed by atoms with Crippen molar-refractivity contribution in [2.45, 2.75) is 49.9 Å². The molecule has 2 fully saturated rings. The van der Waals surface area contributed by atoms with Gasteiger partial charge in [-0.1, -0.05) is 18.2 Å². The van der Waals surface area contributed by atoms with E-state index in [-0.39, 0.29) is 5.91 Å². The molecule has 2 bridgehead atoms. The standard InChI is InChI=1S/C20H26N2O2S2/c1-3-24-15-6-7-17-18(10-15)26-20(22-17)25-11-19(23)21-12(2)16-9-13-4-5-14(16)8-13/h6-7,10,12-14,16H,3-5,8-9,11H2,1-2H3,(H,21,23)/t12-,13-,14-,16-/m0/s1. The number of amides is 1. The van der Waals surface area contributed by atoms with Gasteiger partial charge >= 0.3 is 0 Å². The summed E-state index contributed by atoms with van der Waals surface area (Å²) in [6.07, 6.45) is 5.45. The fraction of sp³-hybridized carbons (Fsp3) is 0.600. The summed E-state index contributed by atoms with van der Waals surface area (Å²) in [6.45, 7) is 4.82. The predicted octanol–water partition coefficient (Wildman–Crippen LogP) is 4.73. The number of carbonyl (C=O) groups is 1. The van der Waals surface area contributed by atoms with Gasteiger partial charge in [-0.25, -0.2) is 4.98 Å². The third kappa shape index (κ3) is 3.86. The largest absolute Gasteiger partial charge is 0.494 e. The number of nitrogens with one attached hydrogen (secondary N) is 1. The first kappa shape index (κ1) is 18.1. The van der Waals surface area contributed by atoms with Crippen molar-refractivity contribution in [2.75, 3.05) is 12.4 Å². The van der Waals surface area contributed by atoms with E-state index in [9.17, 15) is 4.79 Å². The molecule has 0 aliphatic heterocycles. The van der Waals surface area contributed by atoms with Crippen molar-refractivity contribution in [1.82, 2.24) is 10.3 Å². The number of thioether (sulfide) groups is 1. The molecule has 2 aromatic rings. The molecule has 2 aliphatic rings. The normalized spacial score (nSPS) is 25.5. The fourth-order valence-corrected chi connectivity index (χ4v) is 6.55. The van der Waals surface area contributed by atoms with Crippen LogP contribution in [0.1, 0.15) is 39.5 Å². The minimum atomic E-state index is 0.125. The number of rotatable bonds is 7. The first-order valence-corrected chi connectivity index (χ1v) is 11.4. The van der Waals surface area contributed by atoms with E-state index in [4.69, 9.17) is 4.74 Å². The summed E-state index contributed by atoms with van der Waals surface area (Å²) in [5.41, 5.74) is 0.969. The van der Waals surface area contributed by atoms with Gasteiger partial charge in [0.15, 0.2) is 4.34 Å². The van der Waals surface area contributed by atoms with Crippen molar-refractivity contribution < 1.29 is 9.53 Å². The average molecular weight is 391 g/mol. The Hall–Kier alpha value is -1.27. The Balaban J connectivity index is 1.30. The second-order valence-corrected chi connectivity index (χ2v) is 9.78. The molecule has 26 heavy (non-hydrogen) atoms. The quantitative estimate of drug-likeness (QED) is 0.695. The summed E-state index contributed by atoms with van der Waals surface area (Å²) in [6, 6.07) is 6.25. The number of nitrogens with zero attached hydrogens (tertiary/aromatic N) is 1. The van der Waals surface area contributed by atoms with E-state index >= 15 is 0 Å². The molecular formula is C20H26N2O2S2. The molecule has 0 unspecified atom stereocenters. The highest BCUT2D eigenvalue weighted by Gasteiger charge is 2.42. The molecule has 2 saturated carbocycles. The van der Waals surface area contributed by atoms with Crippen LogP contribution in [0.5, 0.6) is 5.75 Å². The summed E-state index contributed by atoms with van der Waals surface area (Å²) in [4.78, 5) is 17.0. The molecule has 1 N–H and O–H groups in total. The summed E-state index contributed by atoms with van der Waals surface area (Å²) in [5, 5.41) is 3.23. The lowest BCUT2D eigenvalue weighted by molar-refractivity contribution is -0.119. The SMILES string of the molecule is CCOc1ccc2nc(SCC(=O)N[C@@H](C)[C@@H]3C[C@H]4CC[C@H]3C4)sc2c1. The molecule has 2 aliphatic carbocycles. The van der Waals surface area contributed by atoms with Gasteiger partial charge < -0.3 is 10.1 Å². The third-order valence-corrected chi connectivity index (χ3v) is 7.96. The molecule has 0 radical (unpaired) electrons. The van der Waals surface area contributed by atoms with Gasteiger partial charge in [-0.15, -0.1) is 11.3 Å². The average Bonchev–Trinajstić information content (AvgIpc) is 3.34. The van der Waals surface area contributed by atoms with E-state index in [2.05, 4.69) is 17.2 Å². The maximum atomic E-state index is 12.4. The van der Waals surface area contributed by atoms with Gasteiger partial charge in [-0.3, -0.25) is 4.79 Å². The second kappa shape index (κ2) is 7.77. The highest BCUT2D eigenvalue weighted by atomic mass is 32.2. The Morgan fingerprint density at radius 2 is 2.31 bits per heavy atom. The maximum absolute atomic E-state index is 12.4. The van der Waals surface area contributed by atoms with Crippen LogP contribution in [0.3, 0.4) is 0 Å². The summed E-state index contributed by atoms with van der Waals surface area (Å²) >= 11 is 3.15. The number of fused-ring (bicyclic) bond motifs is 3. The molecular weight excluding hydrogens is 364 g/mol. The fourth-order valence-electron chi connectivity index (χ4n) is 4.64. The zero-order chi connectivity index (χ0) is 18.1. The van der Waals surface area contributed by atoms with Crippen molar-refractivity contribution in [3.63, 3.8) is 0 Å². The number of hydrogen-bond acceptors (Lipinski definition) is 5. The van der Waals surface area contributed by atoms with Crippen LogP contribution in [0, 0.1) is 17.8 Å². The molecule has 0 spiro atoms. The number of hydrogen-bond donors (Lipinski definition) is 1. The van der Waals surface area contributed by atoms with E-state index < -0.39 is 0 Å². The Bertz CT molecular complexity index is 791. The molecule has 1 aromatic heterocycles. The molecule has 140 valence electrons. The van der Waals surface area contributed by atoms with E-state index in [0.717, 1.165) is 32.1 Å². The third-order valence-electron chi connectivity index (χ3n) is 5.80. The summed E-state index contributed by atoms with van der Waals surface area (Å²) in [5.74, 6) is 3.87. The molecule has 4 atom stereocenters. The van der Waals surface area contributed by atoms with E-state index in [1.165, 1.54) is 37.4 Å². The maximum Gasteiger partial charge on any atom is 0.230 e. The Kier molecular flexibility index (Phi) is 5.41. The minimum absolute atomic E-state index is 0.125. The van der Waals surface area contributed by atoms with Crippen LogP contribution in [0.4, 0.5) is 0 Å². The number of aromatic nitrogens is 1. The summed E-state index contributed by atoms with van der Waals surface area (Å²) in [7, 11) is 0. The molecule has 1 heterocycles. The van der Waals surface area contributed by atoms with Crippen LogP contribution < -0.4 is 10.1 Å². The lowest BCUT2D eigenvalue weighted by Crippen LogP contribution is -2.40. The number of thiazole rings is 1. The van der Waals surface area contributed by atoms with Gasteiger partial charge in [0, 0.05) is 6.04 Å². The monoisotopic (exact) mass is 390 g/mol. The predicted molar refractivity (Wildman–Crippen MR) is 108 cm³/mol. The van der Waals surface area contributed by atoms with Crippen LogP contribution in [0.15, 0.2) is 22.5 Å². The van der Waals surface area contributed by atoms with Crippen molar-refractivity contribution in [1.29, 1.82) is 0 Å².